The molecule has 2 rings (SSSR count). The first kappa shape index (κ1) is 17.7. The Balaban J connectivity index is 1.76. The van der Waals surface area contributed by atoms with Crippen LogP contribution >= 0.6 is 0 Å². The third-order valence-electron chi connectivity index (χ3n) is 3.97. The Labute approximate surface area is 138 Å². The van der Waals surface area contributed by atoms with Crippen molar-refractivity contribution in [1.29, 1.82) is 0 Å². The summed E-state index contributed by atoms with van der Waals surface area (Å²) in [6.45, 7) is 7.08. The van der Waals surface area contributed by atoms with Crippen molar-refractivity contribution in [3.63, 3.8) is 0 Å². The van der Waals surface area contributed by atoms with Crippen molar-refractivity contribution in [2.75, 3.05) is 13.2 Å². The van der Waals surface area contributed by atoms with Crippen LogP contribution < -0.4 is 4.74 Å². The highest BCUT2D eigenvalue weighted by Gasteiger charge is 2.23. The molecule has 1 aromatic rings. The lowest BCUT2D eigenvalue weighted by Gasteiger charge is -2.29. The number of carbonyl (C=O) groups is 1. The minimum absolute atomic E-state index is 0.328. The number of unbranched alkanes of at least 4 members (excludes halogenated alkanes) is 3. The molecule has 1 aliphatic heterocycles. The molecule has 0 radical (unpaired) electrons. The lowest BCUT2D eigenvalue weighted by molar-refractivity contribution is -0.206. The van der Waals surface area contributed by atoms with E-state index in [1.54, 1.807) is 12.1 Å². The van der Waals surface area contributed by atoms with Crippen molar-refractivity contribution in [3.05, 3.63) is 42.5 Å². The van der Waals surface area contributed by atoms with Crippen molar-refractivity contribution < 1.29 is 19.0 Å². The van der Waals surface area contributed by atoms with E-state index in [2.05, 4.69) is 13.5 Å². The summed E-state index contributed by atoms with van der Waals surface area (Å²) in [7, 11) is 0. The van der Waals surface area contributed by atoms with E-state index >= 15 is 0 Å². The topological polar surface area (TPSA) is 44.8 Å². The Kier molecular flexibility index (Phi) is 7.30. The molecule has 0 N–H and O–H groups in total. The van der Waals surface area contributed by atoms with Crippen molar-refractivity contribution in [2.24, 2.45) is 5.92 Å². The van der Waals surface area contributed by atoms with Crippen LogP contribution in [0.5, 0.6) is 5.75 Å². The fourth-order valence-corrected chi connectivity index (χ4v) is 2.61. The Bertz CT molecular complexity index is 487. The minimum Gasteiger partial charge on any atom is -0.423 e. The molecule has 4 heteroatoms. The molecule has 0 amide bonds. The van der Waals surface area contributed by atoms with Crippen LogP contribution in [0, 0.1) is 5.92 Å². The van der Waals surface area contributed by atoms with Gasteiger partial charge in [-0.1, -0.05) is 51.3 Å². The standard InChI is InChI=1S/C19H26O4/c1-3-5-6-7-8-15-13-21-19(22-14-15)16-9-11-17(12-10-16)23-18(20)4-2/h4,9-12,15,19H,2-3,5-8,13-14H2,1H3. The highest BCUT2D eigenvalue weighted by molar-refractivity contribution is 5.83. The van der Waals surface area contributed by atoms with Crippen molar-refractivity contribution in [3.8, 4) is 5.75 Å². The largest absolute Gasteiger partial charge is 0.423 e. The van der Waals surface area contributed by atoms with Gasteiger partial charge in [0.25, 0.3) is 0 Å². The summed E-state index contributed by atoms with van der Waals surface area (Å²) in [5.41, 5.74) is 0.938. The molecular weight excluding hydrogens is 292 g/mol. The smallest absolute Gasteiger partial charge is 0.335 e. The second-order valence-corrected chi connectivity index (χ2v) is 5.91. The first-order chi connectivity index (χ1) is 11.2. The molecule has 23 heavy (non-hydrogen) atoms. The highest BCUT2D eigenvalue weighted by Crippen LogP contribution is 2.28. The van der Waals surface area contributed by atoms with E-state index in [0.717, 1.165) is 24.9 Å². The highest BCUT2D eigenvalue weighted by atomic mass is 16.7. The van der Waals surface area contributed by atoms with E-state index in [1.165, 1.54) is 32.1 Å². The van der Waals surface area contributed by atoms with E-state index in [1.807, 2.05) is 12.1 Å². The molecule has 0 aliphatic carbocycles. The monoisotopic (exact) mass is 318 g/mol. The number of esters is 1. The van der Waals surface area contributed by atoms with Crippen molar-refractivity contribution in [2.45, 2.75) is 45.3 Å². The predicted molar refractivity (Wildman–Crippen MR) is 89.2 cm³/mol. The van der Waals surface area contributed by atoms with Crippen LogP contribution in [-0.2, 0) is 14.3 Å². The Hall–Kier alpha value is -1.65. The van der Waals surface area contributed by atoms with E-state index in [0.29, 0.717) is 11.7 Å². The van der Waals surface area contributed by atoms with Gasteiger partial charge in [-0.25, -0.2) is 4.79 Å². The maximum atomic E-state index is 11.1. The second-order valence-electron chi connectivity index (χ2n) is 5.91. The first-order valence-electron chi connectivity index (χ1n) is 8.40. The van der Waals surface area contributed by atoms with Gasteiger partial charge in [0, 0.05) is 17.6 Å². The van der Waals surface area contributed by atoms with Gasteiger partial charge in [0.2, 0.25) is 0 Å². The van der Waals surface area contributed by atoms with Crippen molar-refractivity contribution >= 4 is 5.97 Å². The van der Waals surface area contributed by atoms with Crippen LogP contribution in [0.1, 0.15) is 50.9 Å². The van der Waals surface area contributed by atoms with Crippen LogP contribution in [0.2, 0.25) is 0 Å². The zero-order chi connectivity index (χ0) is 16.5. The molecule has 4 nitrogen and oxygen atoms in total. The lowest BCUT2D eigenvalue weighted by atomic mass is 10.0. The zero-order valence-corrected chi connectivity index (χ0v) is 13.8. The van der Waals surface area contributed by atoms with E-state index in [-0.39, 0.29) is 6.29 Å². The van der Waals surface area contributed by atoms with Gasteiger partial charge in [-0.05, 0) is 18.6 Å². The zero-order valence-electron chi connectivity index (χ0n) is 13.8. The van der Waals surface area contributed by atoms with E-state index in [9.17, 15) is 4.79 Å². The van der Waals surface area contributed by atoms with Crippen molar-refractivity contribution in [1.82, 2.24) is 0 Å². The molecule has 1 saturated heterocycles. The molecule has 1 fully saturated rings. The Morgan fingerprint density at radius 2 is 1.91 bits per heavy atom. The third kappa shape index (κ3) is 5.81. The summed E-state index contributed by atoms with van der Waals surface area (Å²) in [5, 5.41) is 0. The van der Waals surface area contributed by atoms with E-state index < -0.39 is 5.97 Å². The number of hydrogen-bond donors (Lipinski definition) is 0. The maximum absolute atomic E-state index is 11.1. The van der Waals surface area contributed by atoms with Crippen LogP contribution in [0.4, 0.5) is 0 Å². The van der Waals surface area contributed by atoms with E-state index in [4.69, 9.17) is 14.2 Å². The molecule has 126 valence electrons. The second kappa shape index (κ2) is 9.48. The van der Waals surface area contributed by atoms with Gasteiger partial charge in [-0.2, -0.15) is 0 Å². The van der Waals surface area contributed by atoms with Gasteiger partial charge in [0.05, 0.1) is 13.2 Å². The van der Waals surface area contributed by atoms with Gasteiger partial charge in [0.15, 0.2) is 6.29 Å². The number of rotatable bonds is 8. The van der Waals surface area contributed by atoms with Gasteiger partial charge < -0.3 is 14.2 Å². The molecule has 1 aromatic carbocycles. The SMILES string of the molecule is C=CC(=O)Oc1ccc(C2OCC(CCCCCC)CO2)cc1. The van der Waals surface area contributed by atoms with Gasteiger partial charge in [-0.3, -0.25) is 0 Å². The fourth-order valence-electron chi connectivity index (χ4n) is 2.61. The summed E-state index contributed by atoms with van der Waals surface area (Å²) in [4.78, 5) is 11.1. The van der Waals surface area contributed by atoms with Gasteiger partial charge in [0.1, 0.15) is 5.75 Å². The lowest BCUT2D eigenvalue weighted by Crippen LogP contribution is -2.27. The normalized spacial score (nSPS) is 20.9. The molecule has 1 heterocycles. The molecule has 0 spiro atoms. The fraction of sp³-hybridized carbons (Fsp3) is 0.526. The third-order valence-corrected chi connectivity index (χ3v) is 3.97. The average molecular weight is 318 g/mol. The van der Waals surface area contributed by atoms with Crippen LogP contribution in [-0.4, -0.2) is 19.2 Å². The molecule has 1 aliphatic rings. The molecule has 0 saturated carbocycles. The Morgan fingerprint density at radius 1 is 1.22 bits per heavy atom. The number of benzene rings is 1. The average Bonchev–Trinajstić information content (AvgIpc) is 2.60. The Morgan fingerprint density at radius 3 is 2.52 bits per heavy atom. The molecule has 0 unspecified atom stereocenters. The summed E-state index contributed by atoms with van der Waals surface area (Å²) in [6.07, 6.45) is 7.09. The summed E-state index contributed by atoms with van der Waals surface area (Å²) in [6, 6.07) is 7.19. The molecule has 0 atom stereocenters. The number of hydrogen-bond acceptors (Lipinski definition) is 4. The van der Waals surface area contributed by atoms with Crippen LogP contribution in [0.25, 0.3) is 0 Å². The molecule has 0 bridgehead atoms. The number of carbonyl (C=O) groups excluding carboxylic acids is 1. The predicted octanol–water partition coefficient (Wildman–Crippen LogP) is 4.41. The summed E-state index contributed by atoms with van der Waals surface area (Å²) >= 11 is 0. The number of ether oxygens (including phenoxy) is 3. The molecule has 0 aromatic heterocycles. The maximum Gasteiger partial charge on any atom is 0.335 e. The summed E-state index contributed by atoms with van der Waals surface area (Å²) in [5.74, 6) is 0.521. The van der Waals surface area contributed by atoms with Crippen LogP contribution in [0.3, 0.4) is 0 Å². The van der Waals surface area contributed by atoms with Gasteiger partial charge in [-0.15, -0.1) is 0 Å². The minimum atomic E-state index is -0.464. The first-order valence-corrected chi connectivity index (χ1v) is 8.40. The summed E-state index contributed by atoms with van der Waals surface area (Å²) < 4.78 is 16.7. The molecular formula is C19H26O4. The van der Waals surface area contributed by atoms with Crippen LogP contribution in [0.15, 0.2) is 36.9 Å². The quantitative estimate of drug-likeness (QED) is 0.308. The van der Waals surface area contributed by atoms with Gasteiger partial charge >= 0.3 is 5.97 Å².